The quantitative estimate of drug-likeness (QED) is 0.719. The summed E-state index contributed by atoms with van der Waals surface area (Å²) in [4.78, 5) is 13.5. The SMILES string of the molecule is Cc1ccc(C)c(N2CC(C#N)CC2=O)c1. The van der Waals surface area contributed by atoms with Crippen LogP contribution in [0.2, 0.25) is 0 Å². The molecule has 0 aromatic heterocycles. The van der Waals surface area contributed by atoms with Crippen molar-refractivity contribution in [1.29, 1.82) is 5.26 Å². The van der Waals surface area contributed by atoms with Crippen LogP contribution in [-0.4, -0.2) is 12.5 Å². The summed E-state index contributed by atoms with van der Waals surface area (Å²) < 4.78 is 0. The molecule has 1 aliphatic rings. The third-order valence-corrected chi connectivity index (χ3v) is 2.96. The lowest BCUT2D eigenvalue weighted by atomic mass is 10.1. The number of aryl methyl sites for hydroxylation is 2. The zero-order valence-corrected chi connectivity index (χ0v) is 9.53. The standard InChI is InChI=1S/C13H14N2O/c1-9-3-4-10(2)12(5-9)15-8-11(7-14)6-13(15)16/h3-5,11H,6,8H2,1-2H3. The third kappa shape index (κ3) is 1.79. The van der Waals surface area contributed by atoms with Gasteiger partial charge in [-0.25, -0.2) is 0 Å². The Morgan fingerprint density at radius 1 is 1.44 bits per heavy atom. The van der Waals surface area contributed by atoms with Crippen LogP contribution in [-0.2, 0) is 4.79 Å². The lowest BCUT2D eigenvalue weighted by molar-refractivity contribution is -0.117. The second-order valence-corrected chi connectivity index (χ2v) is 4.32. The van der Waals surface area contributed by atoms with Gasteiger partial charge in [-0.2, -0.15) is 5.26 Å². The fourth-order valence-electron chi connectivity index (χ4n) is 2.04. The van der Waals surface area contributed by atoms with E-state index in [9.17, 15) is 4.79 Å². The highest BCUT2D eigenvalue weighted by molar-refractivity contribution is 5.96. The molecule has 0 N–H and O–H groups in total. The number of hydrogen-bond donors (Lipinski definition) is 0. The number of nitrogens with zero attached hydrogens (tertiary/aromatic N) is 2. The van der Waals surface area contributed by atoms with Crippen LogP contribution in [0.25, 0.3) is 0 Å². The molecule has 0 radical (unpaired) electrons. The van der Waals surface area contributed by atoms with Gasteiger partial charge in [0.2, 0.25) is 5.91 Å². The summed E-state index contributed by atoms with van der Waals surface area (Å²) in [5.74, 6) is -0.104. The first-order valence-electron chi connectivity index (χ1n) is 5.39. The molecular formula is C13H14N2O. The van der Waals surface area contributed by atoms with Gasteiger partial charge in [-0.15, -0.1) is 0 Å². The number of nitriles is 1. The fraction of sp³-hybridized carbons (Fsp3) is 0.385. The highest BCUT2D eigenvalue weighted by Crippen LogP contribution is 2.28. The van der Waals surface area contributed by atoms with E-state index in [2.05, 4.69) is 6.07 Å². The number of hydrogen-bond acceptors (Lipinski definition) is 2. The van der Waals surface area contributed by atoms with Crippen LogP contribution in [0.15, 0.2) is 18.2 Å². The monoisotopic (exact) mass is 214 g/mol. The molecule has 1 atom stereocenters. The molecule has 1 amide bonds. The van der Waals surface area contributed by atoms with E-state index in [1.54, 1.807) is 4.90 Å². The zero-order chi connectivity index (χ0) is 11.7. The van der Waals surface area contributed by atoms with Crippen LogP contribution >= 0.6 is 0 Å². The first-order chi connectivity index (χ1) is 7.61. The summed E-state index contributed by atoms with van der Waals surface area (Å²) in [7, 11) is 0. The smallest absolute Gasteiger partial charge is 0.228 e. The molecule has 82 valence electrons. The predicted molar refractivity (Wildman–Crippen MR) is 62.0 cm³/mol. The second-order valence-electron chi connectivity index (χ2n) is 4.32. The molecule has 1 saturated heterocycles. The number of carbonyl (C=O) groups excluding carboxylic acids is 1. The molecule has 1 aromatic rings. The topological polar surface area (TPSA) is 44.1 Å². The van der Waals surface area contributed by atoms with Crippen LogP contribution in [0, 0.1) is 31.1 Å². The normalized spacial score (nSPS) is 19.9. The van der Waals surface area contributed by atoms with Gasteiger partial charge in [-0.1, -0.05) is 12.1 Å². The van der Waals surface area contributed by atoms with Gasteiger partial charge in [0.1, 0.15) is 0 Å². The molecule has 1 aromatic carbocycles. The Bertz CT molecular complexity index is 473. The van der Waals surface area contributed by atoms with Gasteiger partial charge in [-0.05, 0) is 31.0 Å². The Morgan fingerprint density at radius 3 is 2.81 bits per heavy atom. The van der Waals surface area contributed by atoms with E-state index in [0.717, 1.165) is 16.8 Å². The lowest BCUT2D eigenvalue weighted by Gasteiger charge is -2.18. The van der Waals surface area contributed by atoms with E-state index in [0.29, 0.717) is 13.0 Å². The molecule has 0 saturated carbocycles. The number of anilines is 1. The number of rotatable bonds is 1. The van der Waals surface area contributed by atoms with E-state index >= 15 is 0 Å². The van der Waals surface area contributed by atoms with Crippen LogP contribution in [0.3, 0.4) is 0 Å². The van der Waals surface area contributed by atoms with E-state index < -0.39 is 0 Å². The Morgan fingerprint density at radius 2 is 2.19 bits per heavy atom. The van der Waals surface area contributed by atoms with Crippen LogP contribution < -0.4 is 4.90 Å². The first kappa shape index (κ1) is 10.7. The molecule has 1 aliphatic heterocycles. The van der Waals surface area contributed by atoms with Crippen molar-refractivity contribution in [3.63, 3.8) is 0 Å². The molecule has 0 bridgehead atoms. The van der Waals surface area contributed by atoms with Gasteiger partial charge in [-0.3, -0.25) is 4.79 Å². The Labute approximate surface area is 95.3 Å². The van der Waals surface area contributed by atoms with Crippen LogP contribution in [0.1, 0.15) is 17.5 Å². The maximum Gasteiger partial charge on any atom is 0.228 e. The average molecular weight is 214 g/mol. The molecule has 3 heteroatoms. The van der Waals surface area contributed by atoms with Gasteiger partial charge >= 0.3 is 0 Å². The summed E-state index contributed by atoms with van der Waals surface area (Å²) in [6, 6.07) is 8.21. The molecule has 1 heterocycles. The van der Waals surface area contributed by atoms with E-state index in [-0.39, 0.29) is 11.8 Å². The van der Waals surface area contributed by atoms with Crippen molar-refractivity contribution in [2.75, 3.05) is 11.4 Å². The summed E-state index contributed by atoms with van der Waals surface area (Å²) in [5.41, 5.74) is 3.16. The minimum atomic E-state index is -0.160. The predicted octanol–water partition coefficient (Wildman–Crippen LogP) is 2.18. The van der Waals surface area contributed by atoms with Crippen molar-refractivity contribution in [1.82, 2.24) is 0 Å². The van der Waals surface area contributed by atoms with Crippen LogP contribution in [0.4, 0.5) is 5.69 Å². The second kappa shape index (κ2) is 3.97. The van der Waals surface area contributed by atoms with Crippen molar-refractivity contribution in [2.24, 2.45) is 5.92 Å². The van der Waals surface area contributed by atoms with Crippen molar-refractivity contribution in [3.05, 3.63) is 29.3 Å². The Balaban J connectivity index is 2.35. The zero-order valence-electron chi connectivity index (χ0n) is 9.53. The van der Waals surface area contributed by atoms with Gasteiger partial charge in [0.05, 0.1) is 12.0 Å². The number of amides is 1. The Hall–Kier alpha value is -1.82. The molecule has 0 aliphatic carbocycles. The molecule has 16 heavy (non-hydrogen) atoms. The molecule has 0 spiro atoms. The minimum Gasteiger partial charge on any atom is -0.311 e. The average Bonchev–Trinajstić information content (AvgIpc) is 2.63. The molecule has 3 nitrogen and oxygen atoms in total. The fourth-order valence-corrected chi connectivity index (χ4v) is 2.04. The highest BCUT2D eigenvalue weighted by atomic mass is 16.2. The maximum atomic E-state index is 11.8. The van der Waals surface area contributed by atoms with Gasteiger partial charge in [0, 0.05) is 18.7 Å². The van der Waals surface area contributed by atoms with Crippen LogP contribution in [0.5, 0.6) is 0 Å². The summed E-state index contributed by atoms with van der Waals surface area (Å²) in [5, 5.41) is 8.84. The minimum absolute atomic E-state index is 0.0558. The Kier molecular flexibility index (Phi) is 2.66. The molecule has 1 fully saturated rings. The molecular weight excluding hydrogens is 200 g/mol. The lowest BCUT2D eigenvalue weighted by Crippen LogP contribution is -2.25. The third-order valence-electron chi connectivity index (χ3n) is 2.96. The van der Waals surface area contributed by atoms with E-state index in [1.807, 2.05) is 32.0 Å². The van der Waals surface area contributed by atoms with Gasteiger partial charge < -0.3 is 4.90 Å². The first-order valence-corrected chi connectivity index (χ1v) is 5.39. The van der Waals surface area contributed by atoms with E-state index in [4.69, 9.17) is 5.26 Å². The number of carbonyl (C=O) groups is 1. The summed E-state index contributed by atoms with van der Waals surface area (Å²) >= 11 is 0. The van der Waals surface area contributed by atoms with Crippen molar-refractivity contribution in [3.8, 4) is 6.07 Å². The molecule has 1 unspecified atom stereocenters. The van der Waals surface area contributed by atoms with Gasteiger partial charge in [0.15, 0.2) is 0 Å². The summed E-state index contributed by atoms with van der Waals surface area (Å²) in [6.07, 6.45) is 0.351. The largest absolute Gasteiger partial charge is 0.311 e. The molecule has 2 rings (SSSR count). The highest BCUT2D eigenvalue weighted by Gasteiger charge is 2.31. The van der Waals surface area contributed by atoms with Crippen molar-refractivity contribution < 1.29 is 4.79 Å². The van der Waals surface area contributed by atoms with Crippen molar-refractivity contribution >= 4 is 11.6 Å². The van der Waals surface area contributed by atoms with E-state index in [1.165, 1.54) is 0 Å². The summed E-state index contributed by atoms with van der Waals surface area (Å²) in [6.45, 7) is 4.52. The maximum absolute atomic E-state index is 11.8. The van der Waals surface area contributed by atoms with Crippen molar-refractivity contribution in [2.45, 2.75) is 20.3 Å². The van der Waals surface area contributed by atoms with Gasteiger partial charge in [0.25, 0.3) is 0 Å². The number of benzene rings is 1.